The second kappa shape index (κ2) is 7.14. The predicted molar refractivity (Wildman–Crippen MR) is 109 cm³/mol. The van der Waals surface area contributed by atoms with Gasteiger partial charge in [-0.15, -0.1) is 0 Å². The molecule has 3 nitrogen and oxygen atoms in total. The standard InChI is InChI=1S/C23H38N2O/c1-22(2,3)16-13-17(23(4,5)6)21(26)19(14-16)25-18-11-7-9-15-10-8-12-24-20(15)18/h13-16,18,20,24-25H,7-12H2,1-6H3. The highest BCUT2D eigenvalue weighted by molar-refractivity contribution is 6.09. The molecule has 4 atom stereocenters. The van der Waals surface area contributed by atoms with E-state index in [0.717, 1.165) is 30.2 Å². The molecular weight excluding hydrogens is 320 g/mol. The van der Waals surface area contributed by atoms with Crippen molar-refractivity contribution < 1.29 is 4.79 Å². The monoisotopic (exact) mass is 358 g/mol. The van der Waals surface area contributed by atoms with Crippen molar-refractivity contribution in [3.8, 4) is 0 Å². The Kier molecular flexibility index (Phi) is 5.40. The van der Waals surface area contributed by atoms with E-state index in [0.29, 0.717) is 12.1 Å². The number of hydrogen-bond acceptors (Lipinski definition) is 3. The van der Waals surface area contributed by atoms with Crippen LogP contribution in [-0.4, -0.2) is 24.4 Å². The lowest BCUT2D eigenvalue weighted by atomic mass is 9.71. The number of rotatable bonds is 2. The first-order valence-electron chi connectivity index (χ1n) is 10.6. The predicted octanol–water partition coefficient (Wildman–Crippen LogP) is 4.60. The molecule has 1 heterocycles. The average Bonchev–Trinajstić information content (AvgIpc) is 2.55. The van der Waals surface area contributed by atoms with Gasteiger partial charge < -0.3 is 10.6 Å². The maximum atomic E-state index is 13.3. The maximum absolute atomic E-state index is 13.3. The van der Waals surface area contributed by atoms with Crippen LogP contribution in [0.1, 0.15) is 73.6 Å². The summed E-state index contributed by atoms with van der Waals surface area (Å²) in [5, 5.41) is 7.46. The zero-order chi connectivity index (χ0) is 19.1. The van der Waals surface area contributed by atoms with Crippen LogP contribution in [0.3, 0.4) is 0 Å². The van der Waals surface area contributed by atoms with Crippen LogP contribution < -0.4 is 10.6 Å². The molecule has 2 fully saturated rings. The third kappa shape index (κ3) is 4.08. The van der Waals surface area contributed by atoms with Crippen LogP contribution in [0.2, 0.25) is 0 Å². The van der Waals surface area contributed by atoms with E-state index >= 15 is 0 Å². The number of nitrogens with one attached hydrogen (secondary N) is 2. The van der Waals surface area contributed by atoms with Crippen molar-refractivity contribution in [2.24, 2.45) is 22.7 Å². The van der Waals surface area contributed by atoms with Gasteiger partial charge >= 0.3 is 0 Å². The summed E-state index contributed by atoms with van der Waals surface area (Å²) in [6.45, 7) is 14.4. The van der Waals surface area contributed by atoms with Gasteiger partial charge in [-0.3, -0.25) is 4.79 Å². The highest BCUT2D eigenvalue weighted by atomic mass is 16.1. The number of fused-ring (bicyclic) bond motifs is 1. The van der Waals surface area contributed by atoms with Gasteiger partial charge in [0.15, 0.2) is 0 Å². The van der Waals surface area contributed by atoms with E-state index in [2.05, 4.69) is 64.3 Å². The van der Waals surface area contributed by atoms with Crippen molar-refractivity contribution >= 4 is 5.78 Å². The molecule has 0 amide bonds. The third-order valence-electron chi connectivity index (χ3n) is 6.49. The zero-order valence-corrected chi connectivity index (χ0v) is 17.6. The lowest BCUT2D eigenvalue weighted by Gasteiger charge is -2.43. The number of Topliss-reactive ketones (excluding diaryl/α,β-unsaturated/α-hetero) is 1. The molecule has 146 valence electrons. The van der Waals surface area contributed by atoms with Gasteiger partial charge in [0.1, 0.15) is 0 Å². The van der Waals surface area contributed by atoms with Gasteiger partial charge in [0.2, 0.25) is 5.78 Å². The van der Waals surface area contributed by atoms with Crippen molar-refractivity contribution in [3.05, 3.63) is 23.4 Å². The van der Waals surface area contributed by atoms with E-state index in [1.54, 1.807) is 0 Å². The smallest absolute Gasteiger partial charge is 0.204 e. The molecule has 3 rings (SSSR count). The number of allylic oxidation sites excluding steroid dienone is 3. The van der Waals surface area contributed by atoms with E-state index in [1.165, 1.54) is 25.7 Å². The van der Waals surface area contributed by atoms with Crippen LogP contribution in [-0.2, 0) is 4.79 Å². The van der Waals surface area contributed by atoms with E-state index in [4.69, 9.17) is 0 Å². The summed E-state index contributed by atoms with van der Waals surface area (Å²) in [4.78, 5) is 13.3. The molecule has 0 spiro atoms. The normalized spacial score (nSPS) is 33.2. The zero-order valence-electron chi connectivity index (χ0n) is 17.6. The summed E-state index contributed by atoms with van der Waals surface area (Å²) in [7, 11) is 0. The highest BCUT2D eigenvalue weighted by Crippen LogP contribution is 2.39. The minimum Gasteiger partial charge on any atom is -0.378 e. The molecule has 2 N–H and O–H groups in total. The molecule has 1 saturated carbocycles. The molecule has 3 heteroatoms. The molecule has 2 aliphatic carbocycles. The van der Waals surface area contributed by atoms with Crippen LogP contribution in [0.4, 0.5) is 0 Å². The summed E-state index contributed by atoms with van der Waals surface area (Å²) >= 11 is 0. The SMILES string of the molecule is CC(C)(C)C1=CC(C(C)(C)C)C=C(NC2CCCC3CCCNC32)C1=O. The second-order valence-corrected chi connectivity index (χ2v) is 10.7. The molecule has 0 bridgehead atoms. The molecule has 0 radical (unpaired) electrons. The van der Waals surface area contributed by atoms with E-state index in [-0.39, 0.29) is 22.5 Å². The van der Waals surface area contributed by atoms with Gasteiger partial charge in [0.25, 0.3) is 0 Å². The molecule has 1 saturated heterocycles. The first-order chi connectivity index (χ1) is 12.1. The first kappa shape index (κ1) is 19.7. The fraction of sp³-hybridized carbons (Fsp3) is 0.783. The molecule has 0 aromatic carbocycles. The lowest BCUT2D eigenvalue weighted by molar-refractivity contribution is -0.113. The van der Waals surface area contributed by atoms with Crippen LogP contribution in [0.15, 0.2) is 23.4 Å². The van der Waals surface area contributed by atoms with E-state index < -0.39 is 0 Å². The molecule has 1 aliphatic heterocycles. The van der Waals surface area contributed by atoms with Gasteiger partial charge in [-0.05, 0) is 55.1 Å². The number of ketones is 1. The lowest BCUT2D eigenvalue weighted by Crippen LogP contribution is -2.57. The Morgan fingerprint density at radius 3 is 2.35 bits per heavy atom. The summed E-state index contributed by atoms with van der Waals surface area (Å²) in [5.41, 5.74) is 1.80. The van der Waals surface area contributed by atoms with Crippen molar-refractivity contribution in [2.45, 2.75) is 85.7 Å². The maximum Gasteiger partial charge on any atom is 0.204 e. The van der Waals surface area contributed by atoms with Gasteiger partial charge in [-0.25, -0.2) is 0 Å². The second-order valence-electron chi connectivity index (χ2n) is 10.7. The topological polar surface area (TPSA) is 41.1 Å². The molecule has 26 heavy (non-hydrogen) atoms. The summed E-state index contributed by atoms with van der Waals surface area (Å²) < 4.78 is 0. The number of piperidine rings is 1. The summed E-state index contributed by atoms with van der Waals surface area (Å²) in [6, 6.07) is 0.896. The van der Waals surface area contributed by atoms with Crippen LogP contribution in [0.25, 0.3) is 0 Å². The van der Waals surface area contributed by atoms with Crippen molar-refractivity contribution in [1.29, 1.82) is 0 Å². The fourth-order valence-electron chi connectivity index (χ4n) is 4.82. The van der Waals surface area contributed by atoms with Gasteiger partial charge in [-0.1, -0.05) is 54.0 Å². The minimum atomic E-state index is -0.125. The van der Waals surface area contributed by atoms with Crippen molar-refractivity contribution in [2.75, 3.05) is 6.54 Å². The Labute approximate surface area is 160 Å². The largest absolute Gasteiger partial charge is 0.378 e. The fourth-order valence-corrected chi connectivity index (χ4v) is 4.82. The Morgan fingerprint density at radius 2 is 1.69 bits per heavy atom. The number of carbonyl (C=O) groups is 1. The highest BCUT2D eigenvalue weighted by Gasteiger charge is 2.38. The number of carbonyl (C=O) groups excluding carboxylic acids is 1. The minimum absolute atomic E-state index is 0.113. The average molecular weight is 359 g/mol. The van der Waals surface area contributed by atoms with Crippen molar-refractivity contribution in [3.63, 3.8) is 0 Å². The summed E-state index contributed by atoms with van der Waals surface area (Å²) in [6.07, 6.45) is 10.8. The molecule has 0 aromatic rings. The molecular formula is C23H38N2O. The van der Waals surface area contributed by atoms with E-state index in [1.807, 2.05) is 0 Å². The summed E-state index contributed by atoms with van der Waals surface area (Å²) in [5.74, 6) is 1.26. The van der Waals surface area contributed by atoms with Gasteiger partial charge in [0.05, 0.1) is 5.70 Å². The molecule has 4 unspecified atom stereocenters. The van der Waals surface area contributed by atoms with Gasteiger partial charge in [0, 0.05) is 23.6 Å². The van der Waals surface area contributed by atoms with E-state index in [9.17, 15) is 4.79 Å². The molecule has 0 aromatic heterocycles. The van der Waals surface area contributed by atoms with Crippen LogP contribution >= 0.6 is 0 Å². The Balaban J connectivity index is 1.85. The first-order valence-corrected chi connectivity index (χ1v) is 10.6. The van der Waals surface area contributed by atoms with Crippen LogP contribution in [0.5, 0.6) is 0 Å². The Bertz CT molecular complexity index is 601. The Hall–Kier alpha value is -1.09. The van der Waals surface area contributed by atoms with Gasteiger partial charge in [-0.2, -0.15) is 0 Å². The quantitative estimate of drug-likeness (QED) is 0.758. The molecule has 3 aliphatic rings. The van der Waals surface area contributed by atoms with Crippen molar-refractivity contribution in [1.82, 2.24) is 10.6 Å². The van der Waals surface area contributed by atoms with Crippen LogP contribution in [0, 0.1) is 22.7 Å². The Morgan fingerprint density at radius 1 is 1.00 bits per heavy atom. The third-order valence-corrected chi connectivity index (χ3v) is 6.49. The number of hydrogen-bond donors (Lipinski definition) is 2.